The molecule has 18 heavy (non-hydrogen) atoms. The van der Waals surface area contributed by atoms with Crippen molar-refractivity contribution in [2.45, 2.75) is 18.9 Å². The van der Waals surface area contributed by atoms with Gasteiger partial charge >= 0.3 is 6.03 Å². The van der Waals surface area contributed by atoms with Crippen LogP contribution in [0.25, 0.3) is 0 Å². The number of piperidine rings is 1. The van der Waals surface area contributed by atoms with E-state index >= 15 is 0 Å². The number of rotatable bonds is 3. The van der Waals surface area contributed by atoms with Crippen molar-refractivity contribution in [1.29, 1.82) is 0 Å². The summed E-state index contributed by atoms with van der Waals surface area (Å²) in [5.41, 5.74) is 4.57. The molecule has 102 valence electrons. The average Bonchev–Trinajstić information content (AvgIpc) is 2.37. The number of imide groups is 1. The fourth-order valence-electron chi connectivity index (χ4n) is 1.40. The molecule has 0 atom stereocenters. The Labute approximate surface area is 106 Å². The largest absolute Gasteiger partial charge is 0.351 e. The molecule has 0 aliphatic carbocycles. The minimum atomic E-state index is -0.944. The molecule has 0 saturated carbocycles. The van der Waals surface area contributed by atoms with Crippen LogP contribution in [0.2, 0.25) is 0 Å². The maximum absolute atomic E-state index is 10.4. The molecule has 7 nitrogen and oxygen atoms in total. The van der Waals surface area contributed by atoms with Gasteiger partial charge in [-0.25, -0.2) is 4.79 Å². The zero-order valence-corrected chi connectivity index (χ0v) is 10.4. The number of hydrogen-bond donors (Lipinski definition) is 4. The Hall–Kier alpha value is -1.73. The van der Waals surface area contributed by atoms with Gasteiger partial charge in [0.05, 0.1) is 0 Å². The third kappa shape index (κ3) is 9.49. The first kappa shape index (κ1) is 16.3. The molecule has 0 aromatic carbocycles. The van der Waals surface area contributed by atoms with E-state index < -0.39 is 11.9 Å². The highest BCUT2D eigenvalue weighted by Crippen LogP contribution is 1.99. The number of nitrogens with one attached hydrogen (secondary N) is 3. The minimum Gasteiger partial charge on any atom is -0.351 e. The van der Waals surface area contributed by atoms with Crippen LogP contribution in [0, 0.1) is 0 Å². The minimum absolute atomic E-state index is 0.417. The Bertz CT molecular complexity index is 299. The van der Waals surface area contributed by atoms with E-state index in [2.05, 4.69) is 16.4 Å². The van der Waals surface area contributed by atoms with E-state index in [-0.39, 0.29) is 0 Å². The van der Waals surface area contributed by atoms with Crippen molar-refractivity contribution in [3.05, 3.63) is 12.2 Å². The summed E-state index contributed by atoms with van der Waals surface area (Å²) < 4.78 is 0. The summed E-state index contributed by atoms with van der Waals surface area (Å²) in [6, 6.07) is -0.170. The first-order valence-electron chi connectivity index (χ1n) is 5.70. The normalized spacial score (nSPS) is 15.6. The van der Waals surface area contributed by atoms with Gasteiger partial charge in [-0.15, -0.1) is 0 Å². The van der Waals surface area contributed by atoms with E-state index in [9.17, 15) is 14.4 Å². The highest BCUT2D eigenvalue weighted by atomic mass is 16.2. The molecule has 1 rings (SSSR count). The molecule has 0 bridgehead atoms. The smallest absolute Gasteiger partial charge is 0.319 e. The lowest BCUT2D eigenvalue weighted by molar-refractivity contribution is -0.115. The zero-order valence-electron chi connectivity index (χ0n) is 10.4. The van der Waals surface area contributed by atoms with E-state index in [1.165, 1.54) is 25.9 Å². The Morgan fingerprint density at radius 2 is 1.94 bits per heavy atom. The van der Waals surface area contributed by atoms with Gasteiger partial charge in [0, 0.05) is 12.1 Å². The van der Waals surface area contributed by atoms with Crippen LogP contribution in [0.3, 0.4) is 0 Å². The second-order valence-electron chi connectivity index (χ2n) is 3.66. The molecular weight excluding hydrogens is 236 g/mol. The van der Waals surface area contributed by atoms with Gasteiger partial charge in [0.1, 0.15) is 6.29 Å². The summed E-state index contributed by atoms with van der Waals surface area (Å²) in [5.74, 6) is -0.709. The Kier molecular flexibility index (Phi) is 9.42. The van der Waals surface area contributed by atoms with Crippen molar-refractivity contribution in [3.8, 4) is 0 Å². The summed E-state index contributed by atoms with van der Waals surface area (Å²) in [7, 11) is 2.04. The number of hydrogen-bond acceptors (Lipinski definition) is 5. The Morgan fingerprint density at radius 3 is 2.33 bits per heavy atom. The molecule has 1 aliphatic rings. The van der Waals surface area contributed by atoms with E-state index in [1.807, 2.05) is 7.05 Å². The van der Waals surface area contributed by atoms with Gasteiger partial charge in [0.15, 0.2) is 0 Å². The van der Waals surface area contributed by atoms with Gasteiger partial charge in [0.2, 0.25) is 0 Å². The maximum Gasteiger partial charge on any atom is 0.319 e. The first-order chi connectivity index (χ1) is 8.60. The van der Waals surface area contributed by atoms with E-state index in [0.717, 1.165) is 18.2 Å². The molecule has 0 spiro atoms. The number of carbonyl (C=O) groups is 3. The predicted molar refractivity (Wildman–Crippen MR) is 67.9 cm³/mol. The number of allylic oxidation sites excluding steroid dienone is 1. The summed E-state index contributed by atoms with van der Waals surface area (Å²) in [5, 5.41) is 8.30. The fourth-order valence-corrected chi connectivity index (χ4v) is 1.40. The number of amides is 3. The first-order valence-corrected chi connectivity index (χ1v) is 5.70. The quantitative estimate of drug-likeness (QED) is 0.378. The van der Waals surface area contributed by atoms with Crippen LogP contribution in [-0.2, 0) is 9.59 Å². The van der Waals surface area contributed by atoms with Crippen LogP contribution in [-0.4, -0.2) is 44.4 Å². The van der Waals surface area contributed by atoms with E-state index in [4.69, 9.17) is 0 Å². The third-order valence-corrected chi connectivity index (χ3v) is 2.32. The lowest BCUT2D eigenvalue weighted by Crippen LogP contribution is -2.37. The lowest BCUT2D eigenvalue weighted by atomic mass is 10.1. The van der Waals surface area contributed by atoms with Gasteiger partial charge < -0.3 is 16.4 Å². The molecule has 0 unspecified atom stereocenters. The van der Waals surface area contributed by atoms with Gasteiger partial charge in [-0.3, -0.25) is 14.9 Å². The predicted octanol–water partition coefficient (Wildman–Crippen LogP) is -1.11. The number of urea groups is 1. The molecular formula is C11H20N4O3. The average molecular weight is 256 g/mol. The second-order valence-corrected chi connectivity index (χ2v) is 3.66. The van der Waals surface area contributed by atoms with Crippen molar-refractivity contribution >= 4 is 18.2 Å². The summed E-state index contributed by atoms with van der Waals surface area (Å²) >= 11 is 0. The van der Waals surface area contributed by atoms with Crippen molar-refractivity contribution in [3.63, 3.8) is 0 Å². The van der Waals surface area contributed by atoms with Crippen LogP contribution in [0.15, 0.2) is 12.2 Å². The molecule has 1 saturated heterocycles. The SMILES string of the molecule is CNC1CCNCC1.NC(=O)NC(=O)/C=C\C=O. The molecule has 3 amide bonds. The lowest BCUT2D eigenvalue weighted by Gasteiger charge is -2.21. The number of aldehydes is 1. The van der Waals surface area contributed by atoms with Gasteiger partial charge in [0.25, 0.3) is 5.91 Å². The molecule has 1 aliphatic heterocycles. The van der Waals surface area contributed by atoms with Crippen molar-refractivity contribution in [1.82, 2.24) is 16.0 Å². The van der Waals surface area contributed by atoms with Crippen LogP contribution in [0.1, 0.15) is 12.8 Å². The number of nitrogens with two attached hydrogens (primary N) is 1. The summed E-state index contributed by atoms with van der Waals surface area (Å²) in [6.07, 6.45) is 4.85. The molecule has 1 fully saturated rings. The topological polar surface area (TPSA) is 113 Å². The standard InChI is InChI=1S/C6H14N2.C5H6N2O3/c1-7-6-2-4-8-5-3-6;6-5(10)7-4(9)2-1-3-8/h6-8H,2-5H2,1H3;1-3H,(H3,6,7,9,10)/b;2-1-. The van der Waals surface area contributed by atoms with Gasteiger partial charge in [-0.2, -0.15) is 0 Å². The molecule has 0 aromatic heterocycles. The van der Waals surface area contributed by atoms with Crippen molar-refractivity contribution in [2.24, 2.45) is 5.73 Å². The summed E-state index contributed by atoms with van der Waals surface area (Å²) in [4.78, 5) is 29.9. The Balaban J connectivity index is 0.000000327. The third-order valence-electron chi connectivity index (χ3n) is 2.32. The Morgan fingerprint density at radius 1 is 1.33 bits per heavy atom. The molecule has 5 N–H and O–H groups in total. The molecule has 7 heteroatoms. The second kappa shape index (κ2) is 10.4. The van der Waals surface area contributed by atoms with Gasteiger partial charge in [-0.05, 0) is 39.1 Å². The van der Waals surface area contributed by atoms with Crippen LogP contribution >= 0.6 is 0 Å². The van der Waals surface area contributed by atoms with E-state index in [1.54, 1.807) is 5.32 Å². The van der Waals surface area contributed by atoms with E-state index in [0.29, 0.717) is 6.29 Å². The van der Waals surface area contributed by atoms with Crippen LogP contribution in [0.4, 0.5) is 4.79 Å². The zero-order chi connectivity index (χ0) is 13.8. The highest BCUT2D eigenvalue weighted by molar-refractivity contribution is 6.01. The number of primary amides is 1. The molecule has 0 radical (unpaired) electrons. The van der Waals surface area contributed by atoms with Crippen molar-refractivity contribution in [2.75, 3.05) is 20.1 Å². The highest BCUT2D eigenvalue weighted by Gasteiger charge is 2.08. The summed E-state index contributed by atoms with van der Waals surface area (Å²) in [6.45, 7) is 2.37. The maximum atomic E-state index is 10.4. The number of carbonyl (C=O) groups excluding carboxylic acids is 3. The molecule has 1 heterocycles. The molecule has 0 aromatic rings. The van der Waals surface area contributed by atoms with Crippen LogP contribution in [0.5, 0.6) is 0 Å². The monoisotopic (exact) mass is 256 g/mol. The van der Waals surface area contributed by atoms with Gasteiger partial charge in [-0.1, -0.05) is 0 Å². The van der Waals surface area contributed by atoms with Crippen LogP contribution < -0.4 is 21.7 Å². The fraction of sp³-hybridized carbons (Fsp3) is 0.545. The van der Waals surface area contributed by atoms with Crippen molar-refractivity contribution < 1.29 is 14.4 Å².